The van der Waals surface area contributed by atoms with Gasteiger partial charge in [0, 0.05) is 10.9 Å². The second kappa shape index (κ2) is 4.90. The maximum Gasteiger partial charge on any atom is 0.416 e. The van der Waals surface area contributed by atoms with Crippen LogP contribution < -0.4 is 0 Å². The van der Waals surface area contributed by atoms with Crippen LogP contribution in [-0.4, -0.2) is 10.1 Å². The lowest BCUT2D eigenvalue weighted by atomic mass is 10.1. The number of aliphatic hydroxyl groups is 1. The fraction of sp³-hybridized carbons (Fsp3) is 0.250. The molecule has 1 N–H and O–H groups in total. The number of rotatable bonds is 2. The summed E-state index contributed by atoms with van der Waals surface area (Å²) < 4.78 is 51.3. The normalized spacial score (nSPS) is 13.6. The molecular formula is C12H9F4NOS. The number of benzene rings is 1. The molecule has 0 bridgehead atoms. The Morgan fingerprint density at radius 2 is 2.00 bits per heavy atom. The number of nitrogens with zero attached hydrogens (tertiary/aromatic N) is 1. The molecule has 0 radical (unpaired) electrons. The molecule has 0 aliphatic carbocycles. The van der Waals surface area contributed by atoms with Gasteiger partial charge in [0.05, 0.1) is 17.4 Å². The molecule has 2 rings (SSSR count). The fourth-order valence-corrected chi connectivity index (χ4v) is 2.39. The molecule has 19 heavy (non-hydrogen) atoms. The Morgan fingerprint density at radius 3 is 2.53 bits per heavy atom. The van der Waals surface area contributed by atoms with Crippen molar-refractivity contribution in [3.05, 3.63) is 40.7 Å². The lowest BCUT2D eigenvalue weighted by Crippen LogP contribution is -2.05. The summed E-state index contributed by atoms with van der Waals surface area (Å²) >= 11 is 0.986. The Morgan fingerprint density at radius 1 is 1.32 bits per heavy atom. The van der Waals surface area contributed by atoms with Gasteiger partial charge in [0.15, 0.2) is 0 Å². The van der Waals surface area contributed by atoms with Gasteiger partial charge in [-0.1, -0.05) is 0 Å². The number of aliphatic hydroxyl groups excluding tert-OH is 1. The molecule has 7 heteroatoms. The molecule has 1 atom stereocenters. The Kier molecular flexibility index (Phi) is 3.60. The highest BCUT2D eigenvalue weighted by atomic mass is 32.1. The minimum absolute atomic E-state index is 0.111. The van der Waals surface area contributed by atoms with Gasteiger partial charge in [-0.15, -0.1) is 11.3 Å². The van der Waals surface area contributed by atoms with Crippen LogP contribution in [0, 0.1) is 5.82 Å². The highest BCUT2D eigenvalue weighted by Crippen LogP contribution is 2.35. The van der Waals surface area contributed by atoms with E-state index >= 15 is 0 Å². The van der Waals surface area contributed by atoms with Crippen molar-refractivity contribution in [2.45, 2.75) is 19.2 Å². The van der Waals surface area contributed by atoms with Gasteiger partial charge in [-0.3, -0.25) is 0 Å². The highest BCUT2D eigenvalue weighted by molar-refractivity contribution is 7.13. The predicted octanol–water partition coefficient (Wildman–Crippen LogP) is 4.02. The minimum Gasteiger partial charge on any atom is -0.387 e. The maximum atomic E-state index is 13.6. The van der Waals surface area contributed by atoms with Crippen LogP contribution in [0.2, 0.25) is 0 Å². The molecule has 1 aromatic carbocycles. The van der Waals surface area contributed by atoms with Crippen LogP contribution in [0.4, 0.5) is 17.6 Å². The van der Waals surface area contributed by atoms with Crippen molar-refractivity contribution in [2.24, 2.45) is 0 Å². The van der Waals surface area contributed by atoms with Crippen LogP contribution in [0.15, 0.2) is 23.6 Å². The van der Waals surface area contributed by atoms with Crippen molar-refractivity contribution >= 4 is 11.3 Å². The zero-order valence-corrected chi connectivity index (χ0v) is 10.5. The van der Waals surface area contributed by atoms with Crippen molar-refractivity contribution in [2.75, 3.05) is 0 Å². The second-order valence-corrected chi connectivity index (χ2v) is 4.80. The Balaban J connectivity index is 2.48. The topological polar surface area (TPSA) is 33.1 Å². The predicted molar refractivity (Wildman–Crippen MR) is 63.1 cm³/mol. The molecule has 0 aliphatic heterocycles. The number of hydrogen-bond donors (Lipinski definition) is 1. The molecule has 0 saturated heterocycles. The van der Waals surface area contributed by atoms with Crippen LogP contribution in [-0.2, 0) is 6.18 Å². The fourth-order valence-electron chi connectivity index (χ4n) is 1.47. The summed E-state index contributed by atoms with van der Waals surface area (Å²) in [6.45, 7) is 1.47. The molecule has 0 saturated carbocycles. The summed E-state index contributed by atoms with van der Waals surface area (Å²) in [5.74, 6) is -0.778. The number of thiazole rings is 1. The molecule has 102 valence electrons. The largest absolute Gasteiger partial charge is 0.416 e. The van der Waals surface area contributed by atoms with Gasteiger partial charge < -0.3 is 5.11 Å². The van der Waals surface area contributed by atoms with Crippen molar-refractivity contribution in [1.82, 2.24) is 4.98 Å². The summed E-state index contributed by atoms with van der Waals surface area (Å²) in [5.41, 5.74) is -0.846. The van der Waals surface area contributed by atoms with E-state index in [4.69, 9.17) is 0 Å². The first-order valence-electron chi connectivity index (χ1n) is 5.29. The Bertz CT molecular complexity index is 592. The van der Waals surface area contributed by atoms with E-state index < -0.39 is 23.7 Å². The van der Waals surface area contributed by atoms with E-state index in [-0.39, 0.29) is 10.6 Å². The first-order valence-corrected chi connectivity index (χ1v) is 6.17. The van der Waals surface area contributed by atoms with Crippen molar-refractivity contribution in [3.8, 4) is 10.6 Å². The SMILES string of the molecule is CC(O)c1csc(-c2cc(C(F)(F)F)ccc2F)n1. The average Bonchev–Trinajstić information content (AvgIpc) is 2.77. The molecule has 1 unspecified atom stereocenters. The molecule has 0 spiro atoms. The van der Waals surface area contributed by atoms with E-state index in [1.165, 1.54) is 12.3 Å². The summed E-state index contributed by atoms with van der Waals surface area (Å²) in [6.07, 6.45) is -5.38. The molecule has 1 heterocycles. The number of alkyl halides is 3. The van der Waals surface area contributed by atoms with Crippen LogP contribution >= 0.6 is 11.3 Å². The van der Waals surface area contributed by atoms with Gasteiger partial charge in [-0.2, -0.15) is 13.2 Å². The van der Waals surface area contributed by atoms with Gasteiger partial charge in [0.1, 0.15) is 10.8 Å². The maximum absolute atomic E-state index is 13.6. The minimum atomic E-state index is -4.53. The number of aromatic nitrogens is 1. The van der Waals surface area contributed by atoms with E-state index in [0.29, 0.717) is 11.8 Å². The molecule has 0 aliphatic rings. The first kappa shape index (κ1) is 14.0. The third-order valence-corrected chi connectivity index (χ3v) is 3.37. The third kappa shape index (κ3) is 2.93. The van der Waals surface area contributed by atoms with Gasteiger partial charge >= 0.3 is 6.18 Å². The average molecular weight is 291 g/mol. The monoisotopic (exact) mass is 291 g/mol. The van der Waals surface area contributed by atoms with Gasteiger partial charge in [-0.05, 0) is 25.1 Å². The summed E-state index contributed by atoms with van der Waals surface area (Å²) in [6, 6.07) is 2.17. The van der Waals surface area contributed by atoms with Crippen molar-refractivity contribution in [3.63, 3.8) is 0 Å². The molecule has 2 aromatic rings. The van der Waals surface area contributed by atoms with Crippen molar-refractivity contribution in [1.29, 1.82) is 0 Å². The standard InChI is InChI=1S/C12H9F4NOS/c1-6(18)10-5-19-11(17-10)8-4-7(12(14,15)16)2-3-9(8)13/h2-6,18H,1H3. The summed E-state index contributed by atoms with van der Waals surface area (Å²) in [5, 5.41) is 10.9. The zero-order valence-electron chi connectivity index (χ0n) is 9.70. The zero-order chi connectivity index (χ0) is 14.2. The molecular weight excluding hydrogens is 282 g/mol. The molecule has 1 aromatic heterocycles. The van der Waals surface area contributed by atoms with Gasteiger partial charge in [0.25, 0.3) is 0 Å². The van der Waals surface area contributed by atoms with Gasteiger partial charge in [0.2, 0.25) is 0 Å². The van der Waals surface area contributed by atoms with E-state index in [0.717, 1.165) is 23.5 Å². The van der Waals surface area contributed by atoms with E-state index in [1.54, 1.807) is 0 Å². The number of hydrogen-bond acceptors (Lipinski definition) is 3. The van der Waals surface area contributed by atoms with Crippen LogP contribution in [0.1, 0.15) is 24.3 Å². The number of halogens is 4. The second-order valence-electron chi connectivity index (χ2n) is 3.95. The van der Waals surface area contributed by atoms with Crippen LogP contribution in [0.3, 0.4) is 0 Å². The molecule has 2 nitrogen and oxygen atoms in total. The summed E-state index contributed by atoms with van der Waals surface area (Å²) in [7, 11) is 0. The Labute approximate surface area is 110 Å². The summed E-state index contributed by atoms with van der Waals surface area (Å²) in [4.78, 5) is 3.93. The van der Waals surface area contributed by atoms with Crippen LogP contribution in [0.5, 0.6) is 0 Å². The third-order valence-electron chi connectivity index (χ3n) is 2.47. The van der Waals surface area contributed by atoms with Crippen molar-refractivity contribution < 1.29 is 22.7 Å². The quantitative estimate of drug-likeness (QED) is 0.848. The van der Waals surface area contributed by atoms with Gasteiger partial charge in [-0.25, -0.2) is 9.37 Å². The molecule has 0 amide bonds. The lowest BCUT2D eigenvalue weighted by Gasteiger charge is -2.08. The Hall–Kier alpha value is -1.47. The lowest BCUT2D eigenvalue weighted by molar-refractivity contribution is -0.137. The van der Waals surface area contributed by atoms with E-state index in [9.17, 15) is 22.7 Å². The smallest absolute Gasteiger partial charge is 0.387 e. The van der Waals surface area contributed by atoms with E-state index in [1.807, 2.05) is 0 Å². The highest BCUT2D eigenvalue weighted by Gasteiger charge is 2.31. The molecule has 0 fully saturated rings. The van der Waals surface area contributed by atoms with Crippen LogP contribution in [0.25, 0.3) is 10.6 Å². The first-order chi connectivity index (χ1) is 8.79. The van der Waals surface area contributed by atoms with E-state index in [2.05, 4.69) is 4.98 Å².